The topological polar surface area (TPSA) is 46.2 Å². The molecule has 130 valence electrons. The predicted molar refractivity (Wildman–Crippen MR) is 110 cm³/mol. The monoisotopic (exact) mass is 353 g/mol. The minimum atomic E-state index is -0.497. The van der Waals surface area contributed by atoms with Crippen molar-refractivity contribution in [2.24, 2.45) is 5.73 Å². The van der Waals surface area contributed by atoms with Crippen molar-refractivity contribution in [3.8, 4) is 0 Å². The molecule has 0 spiro atoms. The largest absolute Gasteiger partial charge is 0.391 e. The fraction of sp³-hybridized carbons (Fsp3) is 0.273. The zero-order valence-electron chi connectivity index (χ0n) is 14.4. The van der Waals surface area contributed by atoms with Crippen LogP contribution in [-0.2, 0) is 0 Å². The molecule has 3 heteroatoms. The molecular weight excluding hydrogens is 330 g/mol. The van der Waals surface area contributed by atoms with Gasteiger partial charge in [-0.05, 0) is 44.3 Å². The van der Waals surface area contributed by atoms with Gasteiger partial charge in [0.15, 0.2) is 0 Å². The number of benzene rings is 4. The van der Waals surface area contributed by atoms with E-state index in [1.807, 2.05) is 0 Å². The van der Waals surface area contributed by atoms with Gasteiger partial charge in [0.25, 0.3) is 0 Å². The fourth-order valence-electron chi connectivity index (χ4n) is 3.85. The van der Waals surface area contributed by atoms with Gasteiger partial charge < -0.3 is 10.8 Å². The number of aliphatic hydroxyl groups is 1. The summed E-state index contributed by atoms with van der Waals surface area (Å²) in [6, 6.07) is 19.0. The highest BCUT2D eigenvalue weighted by Crippen LogP contribution is 2.37. The first-order chi connectivity index (χ1) is 11.7. The summed E-state index contributed by atoms with van der Waals surface area (Å²) in [7, 11) is 0. The molecule has 0 saturated carbocycles. The van der Waals surface area contributed by atoms with Crippen molar-refractivity contribution in [2.75, 3.05) is 0 Å². The Hall–Kier alpha value is -1.87. The second-order valence-electron chi connectivity index (χ2n) is 6.75. The summed E-state index contributed by atoms with van der Waals surface area (Å²) in [4.78, 5) is 0. The van der Waals surface area contributed by atoms with Crippen LogP contribution in [0.1, 0.15) is 37.8 Å². The lowest BCUT2D eigenvalue weighted by Crippen LogP contribution is -2.26. The van der Waals surface area contributed by atoms with E-state index in [-0.39, 0.29) is 18.4 Å². The van der Waals surface area contributed by atoms with E-state index in [1.165, 1.54) is 32.3 Å². The lowest BCUT2D eigenvalue weighted by atomic mass is 9.88. The number of rotatable bonds is 5. The molecule has 0 aliphatic heterocycles. The number of nitrogens with two attached hydrogens (primary N) is 1. The molecule has 0 heterocycles. The summed E-state index contributed by atoms with van der Waals surface area (Å²) in [5, 5.41) is 17.9. The Bertz CT molecular complexity index is 981. The van der Waals surface area contributed by atoms with Gasteiger partial charge in [0.05, 0.1) is 12.1 Å². The van der Waals surface area contributed by atoms with Gasteiger partial charge in [-0.25, -0.2) is 0 Å². The Kier molecular flexibility index (Phi) is 5.14. The first-order valence-electron chi connectivity index (χ1n) is 8.80. The number of hydrogen-bond acceptors (Lipinski definition) is 2. The van der Waals surface area contributed by atoms with E-state index in [4.69, 9.17) is 5.73 Å². The lowest BCUT2D eigenvalue weighted by molar-refractivity contribution is 0.133. The summed E-state index contributed by atoms with van der Waals surface area (Å²) in [5.41, 5.74) is 7.47. The van der Waals surface area contributed by atoms with Crippen molar-refractivity contribution in [3.05, 3.63) is 60.2 Å². The smallest absolute Gasteiger partial charge is 0.0733 e. The maximum absolute atomic E-state index is 10.5. The molecule has 3 N–H and O–H groups in total. The van der Waals surface area contributed by atoms with Crippen LogP contribution in [0.2, 0.25) is 0 Å². The van der Waals surface area contributed by atoms with Crippen LogP contribution < -0.4 is 5.73 Å². The Labute approximate surface area is 154 Å². The molecule has 0 saturated heterocycles. The molecule has 25 heavy (non-hydrogen) atoms. The van der Waals surface area contributed by atoms with Gasteiger partial charge in [-0.15, -0.1) is 12.4 Å². The third-order valence-corrected chi connectivity index (χ3v) is 5.19. The van der Waals surface area contributed by atoms with Gasteiger partial charge in [-0.2, -0.15) is 0 Å². The van der Waals surface area contributed by atoms with Gasteiger partial charge in [0.2, 0.25) is 0 Å². The van der Waals surface area contributed by atoms with E-state index < -0.39 is 6.10 Å². The molecular formula is C22H24ClNO. The van der Waals surface area contributed by atoms with E-state index in [2.05, 4.69) is 61.5 Å². The first kappa shape index (κ1) is 17.9. The molecule has 0 amide bonds. The highest BCUT2D eigenvalue weighted by molar-refractivity contribution is 6.23. The number of aliphatic hydroxyl groups excluding tert-OH is 1. The third kappa shape index (κ3) is 2.95. The first-order valence-corrected chi connectivity index (χ1v) is 8.80. The van der Waals surface area contributed by atoms with Gasteiger partial charge in [0, 0.05) is 0 Å². The molecule has 2 atom stereocenters. The zero-order chi connectivity index (χ0) is 16.7. The van der Waals surface area contributed by atoms with E-state index in [0.29, 0.717) is 0 Å². The van der Waals surface area contributed by atoms with E-state index >= 15 is 0 Å². The second-order valence-corrected chi connectivity index (χ2v) is 6.75. The predicted octanol–water partition coefficient (Wildman–Crippen LogP) is 5.56. The quantitative estimate of drug-likeness (QED) is 0.461. The molecule has 4 aromatic carbocycles. The summed E-state index contributed by atoms with van der Waals surface area (Å²) in [6.45, 7) is 2.13. The van der Waals surface area contributed by atoms with Crippen LogP contribution in [0.4, 0.5) is 0 Å². The lowest BCUT2D eigenvalue weighted by Gasteiger charge is -2.22. The van der Waals surface area contributed by atoms with E-state index in [9.17, 15) is 5.11 Å². The summed E-state index contributed by atoms with van der Waals surface area (Å²) >= 11 is 0. The van der Waals surface area contributed by atoms with Crippen molar-refractivity contribution in [2.45, 2.75) is 38.3 Å². The number of halogens is 1. The Morgan fingerprint density at radius 1 is 0.880 bits per heavy atom. The molecule has 0 fully saturated rings. The minimum Gasteiger partial charge on any atom is -0.391 e. The molecule has 0 bridgehead atoms. The van der Waals surface area contributed by atoms with Gasteiger partial charge >= 0.3 is 0 Å². The average Bonchev–Trinajstić information content (AvgIpc) is 2.63. The SMILES string of the molecule is CCCC[C@H](O)[C@H](N)c1ccc2ccc3cccc4ccc1c2c34.Cl. The van der Waals surface area contributed by atoms with Gasteiger partial charge in [-0.3, -0.25) is 0 Å². The van der Waals surface area contributed by atoms with Crippen LogP contribution in [-0.4, -0.2) is 11.2 Å². The van der Waals surface area contributed by atoms with Crippen LogP contribution in [0.5, 0.6) is 0 Å². The average molecular weight is 354 g/mol. The molecule has 0 aromatic heterocycles. The maximum atomic E-state index is 10.5. The van der Waals surface area contributed by atoms with E-state index in [0.717, 1.165) is 24.8 Å². The fourth-order valence-corrected chi connectivity index (χ4v) is 3.85. The normalized spacial score (nSPS) is 14.0. The summed E-state index contributed by atoms with van der Waals surface area (Å²) in [6.07, 6.45) is 2.33. The van der Waals surface area contributed by atoms with Crippen molar-refractivity contribution in [1.82, 2.24) is 0 Å². The third-order valence-electron chi connectivity index (χ3n) is 5.19. The molecule has 4 aromatic rings. The van der Waals surface area contributed by atoms with E-state index in [1.54, 1.807) is 0 Å². The van der Waals surface area contributed by atoms with Gasteiger partial charge in [0.1, 0.15) is 0 Å². The van der Waals surface area contributed by atoms with Crippen molar-refractivity contribution >= 4 is 44.7 Å². The second kappa shape index (κ2) is 7.17. The van der Waals surface area contributed by atoms with Gasteiger partial charge in [-0.1, -0.05) is 74.4 Å². The van der Waals surface area contributed by atoms with Crippen LogP contribution in [0, 0.1) is 0 Å². The molecule has 2 nitrogen and oxygen atoms in total. The van der Waals surface area contributed by atoms with Crippen molar-refractivity contribution < 1.29 is 5.11 Å². The zero-order valence-corrected chi connectivity index (χ0v) is 15.2. The molecule has 0 aliphatic carbocycles. The van der Waals surface area contributed by atoms with Crippen molar-refractivity contribution in [1.29, 1.82) is 0 Å². The highest BCUT2D eigenvalue weighted by atomic mass is 35.5. The molecule has 0 unspecified atom stereocenters. The number of unbranched alkanes of at least 4 members (excludes halogenated alkanes) is 1. The van der Waals surface area contributed by atoms with Crippen LogP contribution in [0.15, 0.2) is 54.6 Å². The molecule has 0 radical (unpaired) electrons. The van der Waals surface area contributed by atoms with Crippen LogP contribution in [0.3, 0.4) is 0 Å². The molecule has 0 aliphatic rings. The number of hydrogen-bond donors (Lipinski definition) is 2. The Morgan fingerprint density at radius 3 is 2.16 bits per heavy atom. The Balaban J connectivity index is 0.00000182. The Morgan fingerprint density at radius 2 is 1.48 bits per heavy atom. The summed E-state index contributed by atoms with van der Waals surface area (Å²) < 4.78 is 0. The highest BCUT2D eigenvalue weighted by Gasteiger charge is 2.20. The summed E-state index contributed by atoms with van der Waals surface area (Å²) in [5.74, 6) is 0. The minimum absolute atomic E-state index is 0. The standard InChI is InChI=1S/C22H23NO.ClH/c1-2-3-7-19(24)22(23)18-13-11-16-9-8-14-5-4-6-15-10-12-17(18)21(16)20(14)15;/h4-6,8-13,19,22,24H,2-3,7,23H2,1H3;1H/t19-,22+;/m0./s1. The van der Waals surface area contributed by atoms with Crippen molar-refractivity contribution in [3.63, 3.8) is 0 Å². The maximum Gasteiger partial charge on any atom is 0.0733 e. The molecule has 4 rings (SSSR count). The van der Waals surface area contributed by atoms with Crippen LogP contribution >= 0.6 is 12.4 Å². The van der Waals surface area contributed by atoms with Crippen LogP contribution in [0.25, 0.3) is 32.3 Å².